The van der Waals surface area contributed by atoms with Gasteiger partial charge in [0, 0.05) is 12.3 Å². The number of thioether (sulfide) groups is 1. The number of rotatable bonds is 6. The number of aromatic amines is 1. The van der Waals surface area contributed by atoms with E-state index >= 15 is 0 Å². The fraction of sp³-hybridized carbons (Fsp3) is 0.500. The van der Waals surface area contributed by atoms with Crippen molar-refractivity contribution < 1.29 is 0 Å². The van der Waals surface area contributed by atoms with Gasteiger partial charge in [-0.05, 0) is 41.8 Å². The van der Waals surface area contributed by atoms with E-state index < -0.39 is 0 Å². The first-order valence-corrected chi connectivity index (χ1v) is 9.40. The molecule has 0 unspecified atom stereocenters. The fourth-order valence-electron chi connectivity index (χ4n) is 3.37. The van der Waals surface area contributed by atoms with Gasteiger partial charge in [0.25, 0.3) is 0 Å². The molecule has 1 aromatic carbocycles. The van der Waals surface area contributed by atoms with Crippen LogP contribution in [0, 0.1) is 0 Å². The van der Waals surface area contributed by atoms with Gasteiger partial charge in [-0.3, -0.25) is 4.57 Å². The lowest BCUT2D eigenvalue weighted by Crippen LogP contribution is -2.17. The van der Waals surface area contributed by atoms with Crippen LogP contribution in [0.1, 0.15) is 38.1 Å². The molecule has 1 saturated carbocycles. The van der Waals surface area contributed by atoms with E-state index in [4.69, 9.17) is 0 Å². The maximum atomic E-state index is 12.1. The summed E-state index contributed by atoms with van der Waals surface area (Å²) in [5.41, 5.74) is 1.81. The molecule has 0 aliphatic heterocycles. The number of aryl methyl sites for hydroxylation is 1. The number of nitrogens with zero attached hydrogens (tertiary/aromatic N) is 5. The highest BCUT2D eigenvalue weighted by Gasteiger charge is 2.21. The van der Waals surface area contributed by atoms with Crippen molar-refractivity contribution in [1.29, 1.82) is 0 Å². The summed E-state index contributed by atoms with van der Waals surface area (Å²) in [7, 11) is 0. The number of tetrazole rings is 1. The molecule has 0 bridgehead atoms. The quantitative estimate of drug-likeness (QED) is 0.549. The number of benzene rings is 1. The Hall–Kier alpha value is -2.09. The van der Waals surface area contributed by atoms with Crippen LogP contribution in [-0.4, -0.2) is 35.5 Å². The average Bonchev–Trinajstić information content (AvgIpc) is 3.31. The summed E-state index contributed by atoms with van der Waals surface area (Å²) < 4.78 is 3.78. The molecule has 7 nitrogen and oxygen atoms in total. The number of hydrogen-bond acceptors (Lipinski definition) is 5. The van der Waals surface area contributed by atoms with Gasteiger partial charge in [0.2, 0.25) is 5.16 Å². The molecule has 0 amide bonds. The first kappa shape index (κ1) is 15.4. The third-order valence-electron chi connectivity index (χ3n) is 4.57. The predicted molar refractivity (Wildman–Crippen MR) is 93.2 cm³/mol. The topological polar surface area (TPSA) is 81.4 Å². The number of para-hydroxylation sites is 2. The van der Waals surface area contributed by atoms with Crippen molar-refractivity contribution in [3.63, 3.8) is 0 Å². The van der Waals surface area contributed by atoms with Gasteiger partial charge in [-0.15, -0.1) is 5.10 Å². The number of fused-ring (bicyclic) bond motifs is 1. The second-order valence-electron chi connectivity index (χ2n) is 6.15. The Bertz CT molecular complexity index is 876. The molecule has 2 aromatic heterocycles. The van der Waals surface area contributed by atoms with Gasteiger partial charge in [0.1, 0.15) is 0 Å². The first-order chi connectivity index (χ1) is 11.8. The summed E-state index contributed by atoms with van der Waals surface area (Å²) in [6, 6.07) is 8.25. The number of imidazole rings is 1. The lowest BCUT2D eigenvalue weighted by Gasteiger charge is -2.10. The number of aromatic nitrogens is 6. The van der Waals surface area contributed by atoms with E-state index in [1.807, 2.05) is 28.9 Å². The van der Waals surface area contributed by atoms with Crippen LogP contribution in [0.25, 0.3) is 11.0 Å². The number of nitrogens with one attached hydrogen (secondary N) is 1. The summed E-state index contributed by atoms with van der Waals surface area (Å²) in [6.07, 6.45) is 5.76. The van der Waals surface area contributed by atoms with Crippen LogP contribution in [0.3, 0.4) is 0 Å². The Morgan fingerprint density at radius 2 is 2.08 bits per heavy atom. The van der Waals surface area contributed by atoms with Crippen LogP contribution in [0.5, 0.6) is 0 Å². The Morgan fingerprint density at radius 1 is 1.25 bits per heavy atom. The molecule has 0 spiro atoms. The highest BCUT2D eigenvalue weighted by atomic mass is 32.2. The summed E-state index contributed by atoms with van der Waals surface area (Å²) in [4.78, 5) is 14.9. The summed E-state index contributed by atoms with van der Waals surface area (Å²) in [5, 5.41) is 13.0. The summed E-state index contributed by atoms with van der Waals surface area (Å²) in [5.74, 6) is 0.888. The maximum Gasteiger partial charge on any atom is 0.326 e. The zero-order chi connectivity index (χ0) is 16.4. The van der Waals surface area contributed by atoms with Crippen molar-refractivity contribution in [2.75, 3.05) is 5.75 Å². The number of H-pyrrole nitrogens is 1. The fourth-order valence-corrected chi connectivity index (χ4v) is 4.24. The standard InChI is InChI=1S/C16H20N6OS/c23-15-17-13-8-3-4-9-14(13)21(15)10-5-11-24-16-18-19-20-22(16)12-6-1-2-7-12/h3-4,8-9,12H,1-2,5-7,10-11H2,(H,17,23). The monoisotopic (exact) mass is 344 g/mol. The van der Waals surface area contributed by atoms with Gasteiger partial charge >= 0.3 is 5.69 Å². The van der Waals surface area contributed by atoms with E-state index in [1.54, 1.807) is 16.3 Å². The Labute approximate surface area is 143 Å². The SMILES string of the molecule is O=c1[nH]c2ccccc2n1CCCSc1nnnn1C1CCCC1. The van der Waals surface area contributed by atoms with E-state index in [9.17, 15) is 4.79 Å². The van der Waals surface area contributed by atoms with Crippen LogP contribution in [0.2, 0.25) is 0 Å². The molecule has 0 saturated heterocycles. The zero-order valence-electron chi connectivity index (χ0n) is 13.4. The van der Waals surface area contributed by atoms with E-state index in [-0.39, 0.29) is 5.69 Å². The maximum absolute atomic E-state index is 12.1. The molecule has 2 heterocycles. The largest absolute Gasteiger partial charge is 0.326 e. The van der Waals surface area contributed by atoms with E-state index in [0.29, 0.717) is 12.6 Å². The molecule has 1 aliphatic rings. The highest BCUT2D eigenvalue weighted by molar-refractivity contribution is 7.99. The molecule has 0 radical (unpaired) electrons. The van der Waals surface area contributed by atoms with Gasteiger partial charge in [0.05, 0.1) is 17.1 Å². The lowest BCUT2D eigenvalue weighted by molar-refractivity contribution is 0.423. The van der Waals surface area contributed by atoms with Crippen LogP contribution in [0.4, 0.5) is 0 Å². The minimum absolute atomic E-state index is 0.0445. The third kappa shape index (κ3) is 2.98. The number of hydrogen-bond donors (Lipinski definition) is 1. The lowest BCUT2D eigenvalue weighted by atomic mass is 10.3. The normalized spacial score (nSPS) is 15.5. The molecule has 0 atom stereocenters. The van der Waals surface area contributed by atoms with Crippen molar-refractivity contribution >= 4 is 22.8 Å². The summed E-state index contributed by atoms with van der Waals surface area (Å²) >= 11 is 1.67. The minimum Gasteiger partial charge on any atom is -0.306 e. The van der Waals surface area contributed by atoms with Crippen molar-refractivity contribution in [1.82, 2.24) is 29.8 Å². The molecule has 126 valence electrons. The van der Waals surface area contributed by atoms with Gasteiger partial charge in [-0.2, -0.15) is 0 Å². The smallest absolute Gasteiger partial charge is 0.306 e. The van der Waals surface area contributed by atoms with E-state index in [0.717, 1.165) is 28.4 Å². The molecule has 24 heavy (non-hydrogen) atoms. The van der Waals surface area contributed by atoms with Crippen LogP contribution >= 0.6 is 11.8 Å². The minimum atomic E-state index is -0.0445. The second kappa shape index (κ2) is 6.80. The van der Waals surface area contributed by atoms with Crippen molar-refractivity contribution in [3.05, 3.63) is 34.7 Å². The van der Waals surface area contributed by atoms with Crippen LogP contribution < -0.4 is 5.69 Å². The van der Waals surface area contributed by atoms with Crippen LogP contribution in [0.15, 0.2) is 34.2 Å². The van der Waals surface area contributed by atoms with Crippen molar-refractivity contribution in [2.24, 2.45) is 0 Å². The molecular weight excluding hydrogens is 324 g/mol. The Kier molecular flexibility index (Phi) is 4.38. The molecule has 4 rings (SSSR count). The second-order valence-corrected chi connectivity index (χ2v) is 7.21. The molecule has 3 aromatic rings. The van der Waals surface area contributed by atoms with E-state index in [1.165, 1.54) is 25.7 Å². The van der Waals surface area contributed by atoms with Crippen molar-refractivity contribution in [3.8, 4) is 0 Å². The molecular formula is C16H20N6OS. The summed E-state index contributed by atoms with van der Waals surface area (Å²) in [6.45, 7) is 0.695. The van der Waals surface area contributed by atoms with Gasteiger partial charge < -0.3 is 4.98 Å². The zero-order valence-corrected chi connectivity index (χ0v) is 14.2. The van der Waals surface area contributed by atoms with E-state index in [2.05, 4.69) is 20.5 Å². The average molecular weight is 344 g/mol. The van der Waals surface area contributed by atoms with Crippen LogP contribution in [-0.2, 0) is 6.54 Å². The molecule has 1 fully saturated rings. The Balaban J connectivity index is 1.37. The molecule has 1 aliphatic carbocycles. The van der Waals surface area contributed by atoms with Gasteiger partial charge in [-0.25, -0.2) is 9.48 Å². The highest BCUT2D eigenvalue weighted by Crippen LogP contribution is 2.31. The Morgan fingerprint density at radius 3 is 2.96 bits per heavy atom. The molecule has 1 N–H and O–H groups in total. The van der Waals surface area contributed by atoms with Gasteiger partial charge in [0.15, 0.2) is 0 Å². The predicted octanol–water partition coefficient (Wildman–Crippen LogP) is 2.61. The third-order valence-corrected chi connectivity index (χ3v) is 5.59. The van der Waals surface area contributed by atoms with Crippen molar-refractivity contribution in [2.45, 2.75) is 49.8 Å². The van der Waals surface area contributed by atoms with Gasteiger partial charge in [-0.1, -0.05) is 36.7 Å². The molecule has 8 heteroatoms. The first-order valence-electron chi connectivity index (χ1n) is 8.41.